The second-order valence-electron chi connectivity index (χ2n) is 5.28. The summed E-state index contributed by atoms with van der Waals surface area (Å²) in [7, 11) is 0. The zero-order chi connectivity index (χ0) is 19.0. The Morgan fingerprint density at radius 3 is 2.65 bits per heavy atom. The van der Waals surface area contributed by atoms with Gasteiger partial charge in [-0.15, -0.1) is 0 Å². The fraction of sp³-hybridized carbons (Fsp3) is 0.294. The van der Waals surface area contributed by atoms with Crippen LogP contribution in [0.5, 0.6) is 0 Å². The maximum absolute atomic E-state index is 13.7. The van der Waals surface area contributed by atoms with Crippen LogP contribution in [0.25, 0.3) is 0 Å². The number of benzene rings is 1. The first-order valence-electron chi connectivity index (χ1n) is 7.76. The number of alkyl halides is 3. The van der Waals surface area contributed by atoms with E-state index in [0.717, 1.165) is 0 Å². The predicted molar refractivity (Wildman–Crippen MR) is 87.7 cm³/mol. The molecular formula is C17H17F4N3O2. The Hall–Kier alpha value is -2.68. The Labute approximate surface area is 147 Å². The van der Waals surface area contributed by atoms with Crippen molar-refractivity contribution < 1.29 is 27.1 Å². The minimum Gasteiger partial charge on any atom is -0.372 e. The third-order valence-electron chi connectivity index (χ3n) is 3.20. The number of para-hydroxylation sites is 1. The molecule has 1 aromatic heterocycles. The lowest BCUT2D eigenvalue weighted by Crippen LogP contribution is -2.27. The molecule has 0 saturated heterocycles. The van der Waals surface area contributed by atoms with Crippen LogP contribution in [0.1, 0.15) is 16.8 Å². The number of nitrogens with one attached hydrogen (secondary N) is 2. The number of carbonyl (C=O) groups excluding carboxylic acids is 1. The zero-order valence-electron chi connectivity index (χ0n) is 13.6. The second-order valence-corrected chi connectivity index (χ2v) is 5.28. The van der Waals surface area contributed by atoms with E-state index in [2.05, 4.69) is 20.4 Å². The molecule has 0 radical (unpaired) electrons. The number of nitrogens with zero attached hydrogens (tertiary/aromatic N) is 1. The van der Waals surface area contributed by atoms with Crippen LogP contribution in [-0.4, -0.2) is 36.8 Å². The van der Waals surface area contributed by atoms with Gasteiger partial charge in [0.15, 0.2) is 0 Å². The van der Waals surface area contributed by atoms with Crippen molar-refractivity contribution in [1.29, 1.82) is 0 Å². The average molecular weight is 371 g/mol. The number of hydrogen-bond acceptors (Lipinski definition) is 4. The topological polar surface area (TPSA) is 63.2 Å². The first kappa shape index (κ1) is 19.6. The number of ether oxygens (including phenoxy) is 1. The van der Waals surface area contributed by atoms with Gasteiger partial charge >= 0.3 is 6.18 Å². The standard InChI is InChI=1S/C17H17F4N3O2/c18-13-6-1-2-7-14(13)24-15-12(5-3-8-22-15)16(25)23-9-4-10-26-11-17(19,20)21/h1-3,5-8H,4,9-11H2,(H,22,24)(H,23,25). The monoisotopic (exact) mass is 371 g/mol. The molecule has 0 atom stereocenters. The molecule has 0 aliphatic rings. The largest absolute Gasteiger partial charge is 0.411 e. The normalized spacial score (nSPS) is 11.2. The first-order valence-corrected chi connectivity index (χ1v) is 7.76. The van der Waals surface area contributed by atoms with Crippen LogP contribution in [0.2, 0.25) is 0 Å². The molecule has 2 aromatic rings. The molecule has 0 saturated carbocycles. The quantitative estimate of drug-likeness (QED) is 0.549. The molecule has 0 aliphatic carbocycles. The van der Waals surface area contributed by atoms with Crippen LogP contribution in [0.3, 0.4) is 0 Å². The maximum atomic E-state index is 13.7. The van der Waals surface area contributed by atoms with Gasteiger partial charge < -0.3 is 15.4 Å². The number of aromatic nitrogens is 1. The van der Waals surface area contributed by atoms with Gasteiger partial charge in [0.05, 0.1) is 11.3 Å². The highest BCUT2D eigenvalue weighted by molar-refractivity contribution is 5.99. The van der Waals surface area contributed by atoms with Gasteiger partial charge in [-0.05, 0) is 30.7 Å². The number of halogens is 4. The Morgan fingerprint density at radius 1 is 1.15 bits per heavy atom. The molecule has 2 N–H and O–H groups in total. The van der Waals surface area contributed by atoms with Crippen molar-refractivity contribution in [3.05, 3.63) is 54.0 Å². The summed E-state index contributed by atoms with van der Waals surface area (Å²) >= 11 is 0. The number of anilines is 2. The summed E-state index contributed by atoms with van der Waals surface area (Å²) in [6.45, 7) is -1.32. The summed E-state index contributed by atoms with van der Waals surface area (Å²) in [6, 6.07) is 9.00. The third kappa shape index (κ3) is 6.32. The first-order chi connectivity index (χ1) is 12.4. The molecule has 0 fully saturated rings. The van der Waals surface area contributed by atoms with Crippen molar-refractivity contribution in [2.24, 2.45) is 0 Å². The molecule has 140 valence electrons. The molecule has 5 nitrogen and oxygen atoms in total. The maximum Gasteiger partial charge on any atom is 0.411 e. The van der Waals surface area contributed by atoms with Gasteiger partial charge in [-0.1, -0.05) is 12.1 Å². The molecule has 9 heteroatoms. The average Bonchev–Trinajstić information content (AvgIpc) is 2.59. The zero-order valence-corrected chi connectivity index (χ0v) is 13.6. The van der Waals surface area contributed by atoms with Gasteiger partial charge in [-0.25, -0.2) is 9.37 Å². The van der Waals surface area contributed by atoms with Crippen LogP contribution in [0, 0.1) is 5.82 Å². The minimum atomic E-state index is -4.37. The highest BCUT2D eigenvalue weighted by Gasteiger charge is 2.27. The summed E-state index contributed by atoms with van der Waals surface area (Å²) in [6.07, 6.45) is -2.70. The molecular weight excluding hydrogens is 354 g/mol. The second kappa shape index (κ2) is 9.14. The van der Waals surface area contributed by atoms with E-state index >= 15 is 0 Å². The summed E-state index contributed by atoms with van der Waals surface area (Å²) in [5.74, 6) is -0.803. The highest BCUT2D eigenvalue weighted by atomic mass is 19.4. The molecule has 0 bridgehead atoms. The van der Waals surface area contributed by atoms with Crippen molar-refractivity contribution >= 4 is 17.4 Å². The van der Waals surface area contributed by atoms with Crippen molar-refractivity contribution in [3.63, 3.8) is 0 Å². The van der Waals surface area contributed by atoms with Crippen LogP contribution in [0.4, 0.5) is 29.1 Å². The Balaban J connectivity index is 1.88. The highest BCUT2D eigenvalue weighted by Crippen LogP contribution is 2.20. The summed E-state index contributed by atoms with van der Waals surface area (Å²) < 4.78 is 54.0. The van der Waals surface area contributed by atoms with Gasteiger partial charge in [0, 0.05) is 19.3 Å². The van der Waals surface area contributed by atoms with Crippen molar-refractivity contribution in [1.82, 2.24) is 10.3 Å². The van der Waals surface area contributed by atoms with Gasteiger partial charge in [0.25, 0.3) is 5.91 Å². The van der Waals surface area contributed by atoms with Crippen molar-refractivity contribution in [3.8, 4) is 0 Å². The summed E-state index contributed by atoms with van der Waals surface area (Å²) in [5.41, 5.74) is 0.354. The molecule has 1 heterocycles. The van der Waals surface area contributed by atoms with Crippen LogP contribution < -0.4 is 10.6 Å². The minimum absolute atomic E-state index is 0.130. The lowest BCUT2D eigenvalue weighted by atomic mass is 10.2. The van der Waals surface area contributed by atoms with Crippen molar-refractivity contribution in [2.75, 3.05) is 25.1 Å². The number of pyridine rings is 1. The van der Waals surface area contributed by atoms with E-state index in [1.807, 2.05) is 0 Å². The van der Waals surface area contributed by atoms with Gasteiger partial charge in [0.2, 0.25) is 0 Å². The molecule has 26 heavy (non-hydrogen) atoms. The van der Waals surface area contributed by atoms with E-state index in [9.17, 15) is 22.4 Å². The van der Waals surface area contributed by atoms with Gasteiger partial charge in [-0.2, -0.15) is 13.2 Å². The summed E-state index contributed by atoms with van der Waals surface area (Å²) in [4.78, 5) is 16.3. The number of amides is 1. The number of hydrogen-bond donors (Lipinski definition) is 2. The lowest BCUT2D eigenvalue weighted by Gasteiger charge is -2.12. The third-order valence-corrected chi connectivity index (χ3v) is 3.20. The summed E-state index contributed by atoms with van der Waals surface area (Å²) in [5, 5.41) is 5.32. The van der Waals surface area contributed by atoms with E-state index in [0.29, 0.717) is 0 Å². The van der Waals surface area contributed by atoms with Crippen LogP contribution in [0.15, 0.2) is 42.6 Å². The molecule has 0 aliphatic heterocycles. The fourth-order valence-electron chi connectivity index (χ4n) is 2.04. The lowest BCUT2D eigenvalue weighted by molar-refractivity contribution is -0.173. The van der Waals surface area contributed by atoms with Gasteiger partial charge in [-0.3, -0.25) is 4.79 Å². The Morgan fingerprint density at radius 2 is 1.92 bits per heavy atom. The van der Waals surface area contributed by atoms with E-state index < -0.39 is 24.5 Å². The smallest absolute Gasteiger partial charge is 0.372 e. The van der Waals surface area contributed by atoms with Gasteiger partial charge in [0.1, 0.15) is 18.2 Å². The Bertz CT molecular complexity index is 738. The molecule has 2 rings (SSSR count). The predicted octanol–water partition coefficient (Wildman–Crippen LogP) is 3.66. The van der Waals surface area contributed by atoms with E-state index in [4.69, 9.17) is 0 Å². The van der Waals surface area contributed by atoms with Crippen LogP contribution >= 0.6 is 0 Å². The molecule has 0 unspecified atom stereocenters. The number of rotatable bonds is 8. The molecule has 1 aromatic carbocycles. The Kier molecular flexibility index (Phi) is 6.90. The fourth-order valence-corrected chi connectivity index (χ4v) is 2.04. The van der Waals surface area contributed by atoms with E-state index in [1.54, 1.807) is 12.1 Å². The van der Waals surface area contributed by atoms with Crippen molar-refractivity contribution in [2.45, 2.75) is 12.6 Å². The molecule has 1 amide bonds. The van der Waals surface area contributed by atoms with E-state index in [1.165, 1.54) is 30.5 Å². The molecule has 0 spiro atoms. The van der Waals surface area contributed by atoms with E-state index in [-0.39, 0.29) is 36.6 Å². The number of carbonyl (C=O) groups is 1. The van der Waals surface area contributed by atoms with Crippen LogP contribution in [-0.2, 0) is 4.74 Å². The SMILES string of the molecule is O=C(NCCCOCC(F)(F)F)c1cccnc1Nc1ccccc1F.